The van der Waals surface area contributed by atoms with Crippen LogP contribution in [0.25, 0.3) is 16.1 Å². The van der Waals surface area contributed by atoms with Crippen LogP contribution in [0.3, 0.4) is 0 Å². The highest BCUT2D eigenvalue weighted by atomic mass is 35.5. The largest absolute Gasteiger partial charge is 0.407 e. The van der Waals surface area contributed by atoms with E-state index in [4.69, 9.17) is 18.2 Å². The molecule has 28 heavy (non-hydrogen) atoms. The maximum atomic E-state index is 13.5. The van der Waals surface area contributed by atoms with Gasteiger partial charge < -0.3 is 4.57 Å². The van der Waals surface area contributed by atoms with E-state index in [-0.39, 0.29) is 12.2 Å². The van der Waals surface area contributed by atoms with Crippen LogP contribution in [0.15, 0.2) is 59.4 Å². The molecule has 3 rings (SSSR count). The predicted octanol–water partition coefficient (Wildman–Crippen LogP) is 6.10. The summed E-state index contributed by atoms with van der Waals surface area (Å²) in [4.78, 5) is 15.7. The van der Waals surface area contributed by atoms with Gasteiger partial charge in [-0.1, -0.05) is 47.5 Å². The highest BCUT2D eigenvalue weighted by Crippen LogP contribution is 2.37. The molecule has 1 heterocycles. The van der Waals surface area contributed by atoms with E-state index in [9.17, 15) is 18.0 Å². The molecule has 0 saturated carbocycles. The SMILES string of the molecule is [C-]#[N+]c1c(C(F)(F)F)cc(-c2cccc(C)c2)n(Cc2ccc(Cl)cc2)c1=O. The van der Waals surface area contributed by atoms with E-state index in [0.717, 1.165) is 11.6 Å². The molecular weight excluding hydrogens is 389 g/mol. The molecule has 0 saturated heterocycles. The first kappa shape index (κ1) is 19.7. The van der Waals surface area contributed by atoms with E-state index in [1.807, 2.05) is 13.0 Å². The van der Waals surface area contributed by atoms with Gasteiger partial charge in [-0.3, -0.25) is 4.79 Å². The summed E-state index contributed by atoms with van der Waals surface area (Å²) in [5.74, 6) is 0. The summed E-state index contributed by atoms with van der Waals surface area (Å²) in [5, 5.41) is 0.504. The van der Waals surface area contributed by atoms with Gasteiger partial charge in [0.25, 0.3) is 11.2 Å². The van der Waals surface area contributed by atoms with Gasteiger partial charge in [0, 0.05) is 17.3 Å². The molecule has 142 valence electrons. The van der Waals surface area contributed by atoms with E-state index in [1.54, 1.807) is 42.5 Å². The smallest absolute Gasteiger partial charge is 0.313 e. The van der Waals surface area contributed by atoms with Crippen LogP contribution >= 0.6 is 11.6 Å². The number of pyridine rings is 1. The molecule has 0 aliphatic carbocycles. The molecule has 0 aliphatic rings. The Bertz CT molecular complexity index is 1130. The fourth-order valence-electron chi connectivity index (χ4n) is 2.93. The number of hydrogen-bond donors (Lipinski definition) is 0. The van der Waals surface area contributed by atoms with Gasteiger partial charge >= 0.3 is 6.18 Å². The van der Waals surface area contributed by atoms with Crippen molar-refractivity contribution in [2.45, 2.75) is 19.6 Å². The molecule has 0 spiro atoms. The van der Waals surface area contributed by atoms with Crippen molar-refractivity contribution in [2.75, 3.05) is 0 Å². The molecule has 2 aromatic carbocycles. The van der Waals surface area contributed by atoms with Crippen molar-refractivity contribution >= 4 is 17.3 Å². The van der Waals surface area contributed by atoms with Crippen LogP contribution in [0.2, 0.25) is 5.02 Å². The zero-order valence-corrected chi connectivity index (χ0v) is 15.5. The summed E-state index contributed by atoms with van der Waals surface area (Å²) in [6, 6.07) is 14.4. The Morgan fingerprint density at radius 3 is 2.36 bits per heavy atom. The van der Waals surface area contributed by atoms with Gasteiger partial charge in [-0.15, -0.1) is 0 Å². The van der Waals surface area contributed by atoms with E-state index in [2.05, 4.69) is 4.85 Å². The highest BCUT2D eigenvalue weighted by Gasteiger charge is 2.36. The van der Waals surface area contributed by atoms with Gasteiger partial charge in [0.1, 0.15) is 0 Å². The molecule has 1 aromatic heterocycles. The first-order valence-electron chi connectivity index (χ1n) is 8.24. The summed E-state index contributed by atoms with van der Waals surface area (Å²) in [5.41, 5.74) is -1.05. The maximum absolute atomic E-state index is 13.5. The average molecular weight is 403 g/mol. The molecule has 0 bridgehead atoms. The number of aromatic nitrogens is 1. The van der Waals surface area contributed by atoms with Gasteiger partial charge in [-0.25, -0.2) is 4.85 Å². The van der Waals surface area contributed by atoms with Gasteiger partial charge in [-0.2, -0.15) is 13.2 Å². The van der Waals surface area contributed by atoms with Gasteiger partial charge in [-0.05, 0) is 42.3 Å². The third kappa shape index (κ3) is 3.95. The molecule has 0 unspecified atom stereocenters. The third-order valence-corrected chi connectivity index (χ3v) is 4.51. The summed E-state index contributed by atoms with van der Waals surface area (Å²) in [6.07, 6.45) is -4.81. The van der Waals surface area contributed by atoms with Crippen molar-refractivity contribution in [3.8, 4) is 11.3 Å². The summed E-state index contributed by atoms with van der Waals surface area (Å²) < 4.78 is 41.7. The molecule has 3 nitrogen and oxygen atoms in total. The Balaban J connectivity index is 2.31. The Kier molecular flexibility index (Phi) is 5.30. The van der Waals surface area contributed by atoms with Crippen LogP contribution in [-0.2, 0) is 12.7 Å². The number of nitrogens with zero attached hydrogens (tertiary/aromatic N) is 2. The Morgan fingerprint density at radius 2 is 1.79 bits per heavy atom. The minimum absolute atomic E-state index is 0.0138. The number of rotatable bonds is 3. The highest BCUT2D eigenvalue weighted by molar-refractivity contribution is 6.30. The van der Waals surface area contributed by atoms with Crippen LogP contribution in [0.5, 0.6) is 0 Å². The lowest BCUT2D eigenvalue weighted by atomic mass is 10.0. The molecule has 0 atom stereocenters. The van der Waals surface area contributed by atoms with E-state index >= 15 is 0 Å². The molecule has 0 amide bonds. The zero-order valence-electron chi connectivity index (χ0n) is 14.7. The monoisotopic (exact) mass is 402 g/mol. The molecule has 3 aromatic rings. The molecule has 0 aliphatic heterocycles. The Morgan fingerprint density at radius 1 is 1.11 bits per heavy atom. The third-order valence-electron chi connectivity index (χ3n) is 4.26. The first-order chi connectivity index (χ1) is 13.2. The average Bonchev–Trinajstić information content (AvgIpc) is 2.63. The van der Waals surface area contributed by atoms with Crippen LogP contribution in [-0.4, -0.2) is 4.57 Å². The number of halogens is 4. The molecular formula is C21H14ClF3N2O. The fourth-order valence-corrected chi connectivity index (χ4v) is 3.06. The standard InChI is InChI=1S/C21H14ClF3N2O/c1-13-4-3-5-15(10-13)18-11-17(21(23,24)25)19(26-2)20(28)27(18)12-14-6-8-16(22)9-7-14/h3-11H,12H2,1H3. The van der Waals surface area contributed by atoms with Crippen LogP contribution in [0.1, 0.15) is 16.7 Å². The second-order valence-electron chi connectivity index (χ2n) is 6.29. The van der Waals surface area contributed by atoms with Crippen LogP contribution in [0.4, 0.5) is 18.9 Å². The van der Waals surface area contributed by atoms with E-state index in [0.29, 0.717) is 16.1 Å². The molecule has 0 fully saturated rings. The second kappa shape index (κ2) is 7.53. The van der Waals surface area contributed by atoms with Crippen molar-refractivity contribution in [2.24, 2.45) is 0 Å². The van der Waals surface area contributed by atoms with Crippen molar-refractivity contribution in [1.29, 1.82) is 0 Å². The second-order valence-corrected chi connectivity index (χ2v) is 6.73. The topological polar surface area (TPSA) is 26.4 Å². The Hall–Kier alpha value is -3.04. The fraction of sp³-hybridized carbons (Fsp3) is 0.143. The summed E-state index contributed by atoms with van der Waals surface area (Å²) in [6.45, 7) is 8.94. The number of hydrogen-bond acceptors (Lipinski definition) is 1. The normalized spacial score (nSPS) is 11.3. The first-order valence-corrected chi connectivity index (χ1v) is 8.62. The van der Waals surface area contributed by atoms with Crippen molar-refractivity contribution in [3.05, 3.63) is 98.1 Å². The van der Waals surface area contributed by atoms with Gasteiger partial charge in [0.15, 0.2) is 0 Å². The lowest BCUT2D eigenvalue weighted by Crippen LogP contribution is -2.25. The molecule has 0 N–H and O–H groups in total. The minimum atomic E-state index is -4.81. The van der Waals surface area contributed by atoms with Crippen molar-refractivity contribution < 1.29 is 13.2 Å². The lowest BCUT2D eigenvalue weighted by molar-refractivity contribution is -0.136. The number of aryl methyl sites for hydroxylation is 1. The van der Waals surface area contributed by atoms with Gasteiger partial charge in [0.2, 0.25) is 0 Å². The molecule has 7 heteroatoms. The van der Waals surface area contributed by atoms with Crippen LogP contribution in [0, 0.1) is 13.5 Å². The van der Waals surface area contributed by atoms with Crippen molar-refractivity contribution in [1.82, 2.24) is 4.57 Å². The van der Waals surface area contributed by atoms with Crippen molar-refractivity contribution in [3.63, 3.8) is 0 Å². The summed E-state index contributed by atoms with van der Waals surface area (Å²) >= 11 is 5.88. The molecule has 0 radical (unpaired) electrons. The lowest BCUT2D eigenvalue weighted by Gasteiger charge is -2.18. The Labute approximate surface area is 164 Å². The van der Waals surface area contributed by atoms with E-state index < -0.39 is 23.0 Å². The maximum Gasteiger partial charge on any atom is 0.407 e. The number of benzene rings is 2. The van der Waals surface area contributed by atoms with E-state index in [1.165, 1.54) is 4.57 Å². The number of alkyl halides is 3. The van der Waals surface area contributed by atoms with Gasteiger partial charge in [0.05, 0.1) is 12.1 Å². The van der Waals surface area contributed by atoms with Crippen LogP contribution < -0.4 is 5.56 Å². The summed E-state index contributed by atoms with van der Waals surface area (Å²) in [7, 11) is 0. The quantitative estimate of drug-likeness (QED) is 0.486. The minimum Gasteiger partial charge on any atom is -0.313 e. The zero-order chi connectivity index (χ0) is 20.5. The predicted molar refractivity (Wildman–Crippen MR) is 103 cm³/mol.